The number of aryl methyl sites for hydroxylation is 1. The van der Waals surface area contributed by atoms with Gasteiger partial charge in [-0.1, -0.05) is 29.8 Å². The summed E-state index contributed by atoms with van der Waals surface area (Å²) in [5, 5.41) is 9.01. The van der Waals surface area contributed by atoms with Crippen molar-refractivity contribution >= 4 is 15.9 Å². The van der Waals surface area contributed by atoms with Gasteiger partial charge in [0.25, 0.3) is 0 Å². The number of amides is 1. The van der Waals surface area contributed by atoms with E-state index >= 15 is 0 Å². The lowest BCUT2D eigenvalue weighted by Gasteiger charge is -2.34. The molecule has 0 saturated carbocycles. The molecule has 0 atom stereocenters. The summed E-state index contributed by atoms with van der Waals surface area (Å²) >= 11 is 0. The van der Waals surface area contributed by atoms with E-state index in [0.29, 0.717) is 49.5 Å². The van der Waals surface area contributed by atoms with Crippen LogP contribution >= 0.6 is 0 Å². The van der Waals surface area contributed by atoms with E-state index in [2.05, 4.69) is 6.07 Å². The third-order valence-electron chi connectivity index (χ3n) is 6.05. The number of carbonyl (C=O) groups excluding carboxylic acids is 1. The van der Waals surface area contributed by atoms with E-state index in [1.54, 1.807) is 36.4 Å². The summed E-state index contributed by atoms with van der Waals surface area (Å²) in [6, 6.07) is 16.3. The zero-order valence-electron chi connectivity index (χ0n) is 19.6. The first kappa shape index (κ1) is 24.9. The number of rotatable bonds is 8. The molecule has 0 aliphatic carbocycles. The lowest BCUT2D eigenvalue weighted by Crippen LogP contribution is -2.45. The van der Waals surface area contributed by atoms with Crippen LogP contribution in [0.4, 0.5) is 0 Å². The number of nitrogens with zero attached hydrogens (tertiary/aromatic N) is 4. The summed E-state index contributed by atoms with van der Waals surface area (Å²) in [6.45, 7) is 4.40. The largest absolute Gasteiger partial charge is 0.337 e. The fourth-order valence-electron chi connectivity index (χ4n) is 3.95. The molecule has 1 aliphatic rings. The van der Waals surface area contributed by atoms with Crippen molar-refractivity contribution in [2.45, 2.75) is 31.2 Å². The van der Waals surface area contributed by atoms with Crippen molar-refractivity contribution in [2.75, 3.05) is 40.3 Å². The number of hydrogen-bond donors (Lipinski definition) is 0. The minimum atomic E-state index is -3.55. The maximum Gasteiger partial charge on any atom is 0.243 e. The Labute approximate surface area is 197 Å². The fourth-order valence-corrected chi connectivity index (χ4v) is 5.42. The summed E-state index contributed by atoms with van der Waals surface area (Å²) in [5.41, 5.74) is 2.57. The summed E-state index contributed by atoms with van der Waals surface area (Å²) in [7, 11) is 0.393. The van der Waals surface area contributed by atoms with Crippen LogP contribution in [0.1, 0.15) is 29.5 Å². The highest BCUT2D eigenvalue weighted by Gasteiger charge is 2.33. The van der Waals surface area contributed by atoms with Crippen LogP contribution in [0.15, 0.2) is 53.4 Å². The first-order valence-electron chi connectivity index (χ1n) is 11.2. The van der Waals surface area contributed by atoms with Crippen molar-refractivity contribution in [1.29, 1.82) is 5.26 Å². The lowest BCUT2D eigenvalue weighted by molar-refractivity contribution is -0.137. The minimum absolute atomic E-state index is 0.0635. The second kappa shape index (κ2) is 10.9. The molecule has 0 aromatic heterocycles. The third kappa shape index (κ3) is 6.41. The number of sulfonamides is 1. The molecule has 176 valence electrons. The van der Waals surface area contributed by atoms with E-state index in [1.165, 1.54) is 4.31 Å². The number of piperidine rings is 1. The Kier molecular flexibility index (Phi) is 8.25. The van der Waals surface area contributed by atoms with E-state index in [9.17, 15) is 13.2 Å². The van der Waals surface area contributed by atoms with Crippen molar-refractivity contribution in [3.05, 3.63) is 65.2 Å². The molecule has 0 unspecified atom stereocenters. The predicted octanol–water partition coefficient (Wildman–Crippen LogP) is 2.86. The van der Waals surface area contributed by atoms with Gasteiger partial charge in [-0.3, -0.25) is 4.79 Å². The molecule has 8 heteroatoms. The Morgan fingerprint density at radius 3 is 2.18 bits per heavy atom. The summed E-state index contributed by atoms with van der Waals surface area (Å²) in [4.78, 5) is 17.6. The standard InChI is InChI=1S/C25H32N4O3S/c1-20-4-10-24(11-5-20)33(31,32)29-14-12-23(13-15-29)25(30)28(17-16-27(2)3)19-22-8-6-21(18-26)7-9-22/h4-11,23H,12-17,19H2,1-3H3. The molecule has 1 aliphatic heterocycles. The zero-order chi connectivity index (χ0) is 24.0. The van der Waals surface area contributed by atoms with Gasteiger partial charge in [-0.15, -0.1) is 0 Å². The molecule has 0 radical (unpaired) electrons. The number of nitriles is 1. The molecule has 2 aromatic carbocycles. The second-order valence-electron chi connectivity index (χ2n) is 8.86. The Bertz CT molecular complexity index is 1080. The average molecular weight is 469 g/mol. The van der Waals surface area contributed by atoms with Gasteiger partial charge in [0.2, 0.25) is 15.9 Å². The van der Waals surface area contributed by atoms with Crippen LogP contribution in [0.5, 0.6) is 0 Å². The van der Waals surface area contributed by atoms with Crippen LogP contribution in [0.3, 0.4) is 0 Å². The lowest BCUT2D eigenvalue weighted by atomic mass is 9.96. The maximum absolute atomic E-state index is 13.4. The fraction of sp³-hybridized carbons (Fsp3) is 0.440. The van der Waals surface area contributed by atoms with E-state index in [1.807, 2.05) is 43.0 Å². The Morgan fingerprint density at radius 2 is 1.64 bits per heavy atom. The van der Waals surface area contributed by atoms with Gasteiger partial charge in [0.05, 0.1) is 16.5 Å². The molecule has 1 fully saturated rings. The molecule has 1 saturated heterocycles. The molecule has 7 nitrogen and oxygen atoms in total. The SMILES string of the molecule is Cc1ccc(S(=O)(=O)N2CCC(C(=O)N(CCN(C)C)Cc3ccc(C#N)cc3)CC2)cc1. The Morgan fingerprint density at radius 1 is 1.03 bits per heavy atom. The van der Waals surface area contributed by atoms with Crippen molar-refractivity contribution in [2.24, 2.45) is 5.92 Å². The van der Waals surface area contributed by atoms with E-state index in [-0.39, 0.29) is 11.8 Å². The smallest absolute Gasteiger partial charge is 0.243 e. The van der Waals surface area contributed by atoms with Gasteiger partial charge >= 0.3 is 0 Å². The van der Waals surface area contributed by atoms with Crippen molar-refractivity contribution in [3.8, 4) is 6.07 Å². The van der Waals surface area contributed by atoms with Crippen molar-refractivity contribution in [1.82, 2.24) is 14.1 Å². The van der Waals surface area contributed by atoms with Gasteiger partial charge in [-0.05, 0) is 63.7 Å². The number of benzene rings is 2. The highest BCUT2D eigenvalue weighted by molar-refractivity contribution is 7.89. The van der Waals surface area contributed by atoms with Crippen LogP contribution in [0, 0.1) is 24.2 Å². The number of carbonyl (C=O) groups is 1. The molecule has 0 bridgehead atoms. The topological polar surface area (TPSA) is 84.7 Å². The molecule has 33 heavy (non-hydrogen) atoms. The molecule has 1 heterocycles. The molecular weight excluding hydrogens is 436 g/mol. The quantitative estimate of drug-likeness (QED) is 0.595. The first-order valence-corrected chi connectivity index (χ1v) is 12.6. The van der Waals surface area contributed by atoms with Gasteiger partial charge in [0.15, 0.2) is 0 Å². The maximum atomic E-state index is 13.4. The highest BCUT2D eigenvalue weighted by atomic mass is 32.2. The Balaban J connectivity index is 1.67. The number of likely N-dealkylation sites (N-methyl/N-ethyl adjacent to an activating group) is 1. The molecule has 0 spiro atoms. The van der Waals surface area contributed by atoms with Gasteiger partial charge in [-0.2, -0.15) is 9.57 Å². The van der Waals surface area contributed by atoms with E-state index in [4.69, 9.17) is 5.26 Å². The number of hydrogen-bond acceptors (Lipinski definition) is 5. The highest BCUT2D eigenvalue weighted by Crippen LogP contribution is 2.26. The molecule has 0 N–H and O–H groups in total. The predicted molar refractivity (Wildman–Crippen MR) is 128 cm³/mol. The normalized spacial score (nSPS) is 15.4. The van der Waals surface area contributed by atoms with Crippen LogP contribution < -0.4 is 0 Å². The van der Waals surface area contributed by atoms with Crippen molar-refractivity contribution < 1.29 is 13.2 Å². The summed E-state index contributed by atoms with van der Waals surface area (Å²) < 4.78 is 27.5. The molecule has 3 rings (SSSR count). The van der Waals surface area contributed by atoms with E-state index in [0.717, 1.165) is 17.7 Å². The van der Waals surface area contributed by atoms with Gasteiger partial charge in [-0.25, -0.2) is 8.42 Å². The van der Waals surface area contributed by atoms with E-state index < -0.39 is 10.0 Å². The minimum Gasteiger partial charge on any atom is -0.337 e. The molecular formula is C25H32N4O3S. The second-order valence-corrected chi connectivity index (χ2v) is 10.8. The zero-order valence-corrected chi connectivity index (χ0v) is 20.4. The molecule has 2 aromatic rings. The van der Waals surface area contributed by atoms with Gasteiger partial charge in [0.1, 0.15) is 0 Å². The van der Waals surface area contributed by atoms with Crippen LogP contribution in [0.25, 0.3) is 0 Å². The first-order chi connectivity index (χ1) is 15.7. The molecule has 1 amide bonds. The summed E-state index contributed by atoms with van der Waals surface area (Å²) in [5.74, 6) is -0.136. The van der Waals surface area contributed by atoms with Crippen molar-refractivity contribution in [3.63, 3.8) is 0 Å². The Hall–Kier alpha value is -2.73. The van der Waals surface area contributed by atoms with Crippen LogP contribution in [-0.2, 0) is 21.4 Å². The van der Waals surface area contributed by atoms with Gasteiger partial charge < -0.3 is 9.80 Å². The van der Waals surface area contributed by atoms with Crippen LogP contribution in [0.2, 0.25) is 0 Å². The summed E-state index contributed by atoms with van der Waals surface area (Å²) in [6.07, 6.45) is 1.02. The third-order valence-corrected chi connectivity index (χ3v) is 7.96. The monoisotopic (exact) mass is 468 g/mol. The average Bonchev–Trinajstić information content (AvgIpc) is 2.82. The van der Waals surface area contributed by atoms with Gasteiger partial charge in [0, 0.05) is 38.6 Å². The van der Waals surface area contributed by atoms with Crippen LogP contribution in [-0.4, -0.2) is 68.7 Å².